The van der Waals surface area contributed by atoms with Crippen molar-refractivity contribution in [1.29, 1.82) is 0 Å². The molecule has 0 amide bonds. The van der Waals surface area contributed by atoms with Crippen LogP contribution in [-0.2, 0) is 4.74 Å². The Labute approximate surface area is 94.4 Å². The van der Waals surface area contributed by atoms with E-state index in [1.807, 2.05) is 0 Å². The molecule has 0 spiro atoms. The first-order valence-electron chi connectivity index (χ1n) is 4.40. The molecule has 0 aromatic carbocycles. The van der Waals surface area contributed by atoms with Crippen LogP contribution in [0.15, 0.2) is 6.20 Å². The molecule has 0 fully saturated rings. The third-order valence-electron chi connectivity index (χ3n) is 2.07. The number of methoxy groups -OCH3 is 1. The van der Waals surface area contributed by atoms with E-state index < -0.39 is 34.3 Å². The van der Waals surface area contributed by atoms with Crippen LogP contribution in [0.3, 0.4) is 0 Å². The van der Waals surface area contributed by atoms with E-state index in [9.17, 15) is 23.7 Å². The number of esters is 1. The molecule has 0 saturated heterocycles. The number of nitro groups is 1. The monoisotopic (exact) mass is 246 g/mol. The smallest absolute Gasteiger partial charge is 0.373 e. The van der Waals surface area contributed by atoms with Gasteiger partial charge in [-0.05, 0) is 16.8 Å². The lowest BCUT2D eigenvalue weighted by Gasteiger charge is -2.08. The Kier molecular flexibility index (Phi) is 3.66. The van der Waals surface area contributed by atoms with Crippen molar-refractivity contribution < 1.29 is 23.2 Å². The Bertz CT molecular complexity index is 476. The molecule has 0 saturated carbocycles. The average Bonchev–Trinajstić information content (AvgIpc) is 2.26. The van der Waals surface area contributed by atoms with Gasteiger partial charge in [0.15, 0.2) is 0 Å². The highest BCUT2D eigenvalue weighted by Gasteiger charge is 2.32. The van der Waals surface area contributed by atoms with Gasteiger partial charge >= 0.3 is 11.8 Å². The number of aromatic nitrogens is 1. The summed E-state index contributed by atoms with van der Waals surface area (Å²) in [7, 11) is 1.00. The average molecular weight is 246 g/mol. The van der Waals surface area contributed by atoms with Crippen LogP contribution in [0.5, 0.6) is 0 Å². The summed E-state index contributed by atoms with van der Waals surface area (Å²) in [5, 5.41) is 10.6. The van der Waals surface area contributed by atoms with Gasteiger partial charge in [-0.15, -0.1) is 0 Å². The lowest BCUT2D eigenvalue weighted by Crippen LogP contribution is -2.12. The van der Waals surface area contributed by atoms with Gasteiger partial charge in [-0.2, -0.15) is 0 Å². The third kappa shape index (κ3) is 2.35. The van der Waals surface area contributed by atoms with Crippen molar-refractivity contribution in [2.75, 3.05) is 7.11 Å². The highest BCUT2D eigenvalue weighted by molar-refractivity contribution is 5.93. The Morgan fingerprint density at radius 3 is 2.59 bits per heavy atom. The summed E-state index contributed by atoms with van der Waals surface area (Å²) >= 11 is 0. The Morgan fingerprint density at radius 2 is 2.18 bits per heavy atom. The summed E-state index contributed by atoms with van der Waals surface area (Å²) in [5.41, 5.74) is -1.43. The van der Waals surface area contributed by atoms with Crippen LogP contribution < -0.4 is 0 Å². The van der Waals surface area contributed by atoms with E-state index in [1.165, 1.54) is 6.92 Å². The molecule has 0 radical (unpaired) electrons. The fraction of sp³-hybridized carbons (Fsp3) is 0.333. The molecule has 0 atom stereocenters. The van der Waals surface area contributed by atoms with E-state index in [0.717, 1.165) is 13.3 Å². The first-order chi connectivity index (χ1) is 7.90. The van der Waals surface area contributed by atoms with Gasteiger partial charge in [0.25, 0.3) is 6.43 Å². The highest BCUT2D eigenvalue weighted by atomic mass is 19.3. The Balaban J connectivity index is 3.60. The van der Waals surface area contributed by atoms with Crippen LogP contribution in [0.2, 0.25) is 0 Å². The number of carbonyl (C=O) groups excluding carboxylic acids is 1. The summed E-state index contributed by atoms with van der Waals surface area (Å²) < 4.78 is 29.9. The Hall–Kier alpha value is -2.12. The van der Waals surface area contributed by atoms with E-state index in [0.29, 0.717) is 0 Å². The first kappa shape index (κ1) is 12.9. The number of aryl methyl sites for hydroxylation is 1. The number of nitrogens with zero attached hydrogens (tertiary/aromatic N) is 2. The van der Waals surface area contributed by atoms with Gasteiger partial charge in [-0.3, -0.25) is 0 Å². The van der Waals surface area contributed by atoms with Gasteiger partial charge in [0.05, 0.1) is 12.7 Å². The van der Waals surface area contributed by atoms with Gasteiger partial charge in [-0.25, -0.2) is 13.6 Å². The number of hydrogen-bond acceptors (Lipinski definition) is 5. The zero-order valence-electron chi connectivity index (χ0n) is 8.94. The molecule has 92 valence electrons. The van der Waals surface area contributed by atoms with Crippen LogP contribution in [0, 0.1) is 17.0 Å². The minimum atomic E-state index is -3.18. The molecule has 17 heavy (non-hydrogen) atoms. The quantitative estimate of drug-likeness (QED) is 0.463. The minimum absolute atomic E-state index is 0.0951. The minimum Gasteiger partial charge on any atom is -0.465 e. The molecular weight excluding hydrogens is 238 g/mol. The van der Waals surface area contributed by atoms with Crippen molar-refractivity contribution in [2.24, 2.45) is 0 Å². The maximum atomic E-state index is 12.8. The number of halogens is 2. The van der Waals surface area contributed by atoms with Crippen LogP contribution in [-0.4, -0.2) is 23.0 Å². The SMILES string of the molecule is COC(=O)c1c(C)cnc([N+](=O)[O-])c1C(F)F. The fourth-order valence-corrected chi connectivity index (χ4v) is 1.34. The summed E-state index contributed by atoms with van der Waals surface area (Å²) in [6.07, 6.45) is -2.20. The lowest BCUT2D eigenvalue weighted by atomic mass is 10.0. The van der Waals surface area contributed by atoms with E-state index in [1.54, 1.807) is 0 Å². The molecule has 0 aliphatic rings. The molecule has 0 bridgehead atoms. The number of pyridine rings is 1. The molecule has 1 heterocycles. The summed E-state index contributed by atoms with van der Waals surface area (Å²) in [4.78, 5) is 24.1. The predicted molar refractivity (Wildman–Crippen MR) is 51.9 cm³/mol. The summed E-state index contributed by atoms with van der Waals surface area (Å²) in [5.74, 6) is -2.09. The lowest BCUT2D eigenvalue weighted by molar-refractivity contribution is -0.391. The van der Waals surface area contributed by atoms with Crippen LogP contribution in [0.1, 0.15) is 27.9 Å². The zero-order valence-corrected chi connectivity index (χ0v) is 8.94. The van der Waals surface area contributed by atoms with Gasteiger partial charge in [-0.1, -0.05) is 0 Å². The van der Waals surface area contributed by atoms with Gasteiger partial charge in [0.2, 0.25) is 0 Å². The van der Waals surface area contributed by atoms with Crippen molar-refractivity contribution in [1.82, 2.24) is 4.98 Å². The van der Waals surface area contributed by atoms with Crippen molar-refractivity contribution >= 4 is 11.8 Å². The highest BCUT2D eigenvalue weighted by Crippen LogP contribution is 2.32. The van der Waals surface area contributed by atoms with Crippen LogP contribution in [0.25, 0.3) is 0 Å². The van der Waals surface area contributed by atoms with Gasteiger partial charge in [0, 0.05) is 5.56 Å². The molecule has 0 unspecified atom stereocenters. The molecule has 0 aliphatic carbocycles. The molecule has 0 aliphatic heterocycles. The third-order valence-corrected chi connectivity index (χ3v) is 2.07. The molecule has 8 heteroatoms. The van der Waals surface area contributed by atoms with Gasteiger partial charge in [0.1, 0.15) is 11.8 Å². The Morgan fingerprint density at radius 1 is 1.59 bits per heavy atom. The van der Waals surface area contributed by atoms with Crippen molar-refractivity contribution in [3.05, 3.63) is 33.0 Å². The molecule has 1 aromatic heterocycles. The normalized spacial score (nSPS) is 10.4. The standard InChI is InChI=1S/C9H8F2N2O4/c1-4-3-12-8(13(15)16)6(7(10)11)5(4)9(14)17-2/h3,7H,1-2H3. The molecular formula is C9H8F2N2O4. The maximum absolute atomic E-state index is 12.8. The maximum Gasteiger partial charge on any atom is 0.373 e. The summed E-state index contributed by atoms with van der Waals surface area (Å²) in [6.45, 7) is 1.34. The first-order valence-corrected chi connectivity index (χ1v) is 4.40. The number of rotatable bonds is 3. The second-order valence-electron chi connectivity index (χ2n) is 3.10. The fourth-order valence-electron chi connectivity index (χ4n) is 1.34. The molecule has 1 aromatic rings. The van der Waals surface area contributed by atoms with E-state index >= 15 is 0 Å². The van der Waals surface area contributed by atoms with Crippen molar-refractivity contribution in [3.8, 4) is 0 Å². The van der Waals surface area contributed by atoms with E-state index in [4.69, 9.17) is 0 Å². The van der Waals surface area contributed by atoms with Crippen LogP contribution >= 0.6 is 0 Å². The van der Waals surface area contributed by atoms with Gasteiger partial charge < -0.3 is 14.9 Å². The second kappa shape index (κ2) is 4.81. The van der Waals surface area contributed by atoms with Crippen molar-refractivity contribution in [3.63, 3.8) is 0 Å². The summed E-state index contributed by atoms with van der Waals surface area (Å²) in [6, 6.07) is 0. The van der Waals surface area contributed by atoms with E-state index in [-0.39, 0.29) is 5.56 Å². The number of alkyl halides is 2. The number of ether oxygens (including phenoxy) is 1. The number of hydrogen-bond donors (Lipinski definition) is 0. The largest absolute Gasteiger partial charge is 0.465 e. The molecule has 1 rings (SSSR count). The second-order valence-corrected chi connectivity index (χ2v) is 3.10. The topological polar surface area (TPSA) is 82.3 Å². The predicted octanol–water partition coefficient (Wildman–Crippen LogP) is 2.02. The number of carbonyl (C=O) groups is 1. The zero-order chi connectivity index (χ0) is 13.2. The molecule has 0 N–H and O–H groups in total. The van der Waals surface area contributed by atoms with Crippen LogP contribution in [0.4, 0.5) is 14.6 Å². The molecule has 6 nitrogen and oxygen atoms in total. The van der Waals surface area contributed by atoms with Crippen molar-refractivity contribution in [2.45, 2.75) is 13.3 Å². The van der Waals surface area contributed by atoms with E-state index in [2.05, 4.69) is 9.72 Å².